The summed E-state index contributed by atoms with van der Waals surface area (Å²) in [6.45, 7) is 6.46. The fourth-order valence-corrected chi connectivity index (χ4v) is 5.39. The van der Waals surface area contributed by atoms with Crippen molar-refractivity contribution in [1.29, 1.82) is 0 Å². The molecule has 0 aromatic heterocycles. The second-order valence-corrected chi connectivity index (χ2v) is 12.1. The van der Waals surface area contributed by atoms with Crippen molar-refractivity contribution in [1.82, 2.24) is 6.15 Å². The smallest absolute Gasteiger partial charge is 0.124 e. The molecule has 5 N–H and O–H groups in total. The summed E-state index contributed by atoms with van der Waals surface area (Å²) in [4.78, 5) is -0.150. The molecule has 0 unspecified atom stereocenters. The van der Waals surface area contributed by atoms with Crippen LogP contribution in [0.25, 0.3) is 0 Å². The highest BCUT2D eigenvalue weighted by molar-refractivity contribution is 7.85. The number of unbranched alkanes of at least 4 members (excludes halogenated alkanes) is 15. The average Bonchev–Trinajstić information content (AvgIpc) is 2.78. The lowest BCUT2D eigenvalue weighted by Crippen LogP contribution is -2.21. The minimum atomic E-state index is -4.46. The molecule has 5 nitrogen and oxygen atoms in total. The predicted molar refractivity (Wildman–Crippen MR) is 148 cm³/mol. The summed E-state index contributed by atoms with van der Waals surface area (Å²) in [5.41, 5.74) is 1.71. The highest BCUT2D eigenvalue weighted by Gasteiger charge is 2.23. The largest absolute Gasteiger partial charge is 0.744 e. The van der Waals surface area contributed by atoms with Crippen LogP contribution in [-0.2, 0) is 22.0 Å². The Kier molecular flexibility index (Phi) is 18.7. The molecule has 0 fully saturated rings. The molecule has 206 valence electrons. The zero-order valence-corrected chi connectivity index (χ0v) is 24.1. The summed E-state index contributed by atoms with van der Waals surface area (Å²) in [6, 6.07) is 4.73. The van der Waals surface area contributed by atoms with E-state index in [4.69, 9.17) is 0 Å². The first-order valence-electron chi connectivity index (χ1n) is 13.9. The van der Waals surface area contributed by atoms with Gasteiger partial charge in [0.1, 0.15) is 10.1 Å². The summed E-state index contributed by atoms with van der Waals surface area (Å²) >= 11 is 0. The van der Waals surface area contributed by atoms with Gasteiger partial charge in [-0.2, -0.15) is 0 Å². The van der Waals surface area contributed by atoms with Gasteiger partial charge in [0, 0.05) is 6.61 Å². The van der Waals surface area contributed by atoms with E-state index in [0.29, 0.717) is 6.42 Å². The maximum atomic E-state index is 11.5. The molecular weight excluding hydrogens is 458 g/mol. The van der Waals surface area contributed by atoms with Gasteiger partial charge < -0.3 is 15.8 Å². The van der Waals surface area contributed by atoms with Gasteiger partial charge in [0.05, 0.1) is 4.90 Å². The van der Waals surface area contributed by atoms with Gasteiger partial charge in [-0.1, -0.05) is 123 Å². The topological polar surface area (TPSA) is 114 Å². The molecule has 0 amide bonds. The zero-order valence-electron chi connectivity index (χ0n) is 23.2. The Morgan fingerprint density at radius 2 is 1.20 bits per heavy atom. The van der Waals surface area contributed by atoms with Gasteiger partial charge in [0.15, 0.2) is 0 Å². The van der Waals surface area contributed by atoms with Crippen molar-refractivity contribution < 1.29 is 18.1 Å². The minimum absolute atomic E-state index is 0. The maximum Gasteiger partial charge on any atom is 0.124 e. The SMILES string of the molecule is CCCCCCCCCCCCCCCCCCc1cc(S(=O)(=O)[O-])ccc1C(C)(C)CCO.[NH4+]. The molecule has 0 radical (unpaired) electrons. The highest BCUT2D eigenvalue weighted by Crippen LogP contribution is 2.32. The first-order valence-corrected chi connectivity index (χ1v) is 15.3. The van der Waals surface area contributed by atoms with E-state index in [-0.39, 0.29) is 23.1 Å². The van der Waals surface area contributed by atoms with Gasteiger partial charge in [-0.15, -0.1) is 0 Å². The van der Waals surface area contributed by atoms with Crippen molar-refractivity contribution in [2.45, 2.75) is 147 Å². The molecule has 6 heteroatoms. The second kappa shape index (κ2) is 19.2. The molecule has 0 atom stereocenters. The third-order valence-electron chi connectivity index (χ3n) is 7.13. The van der Waals surface area contributed by atoms with Gasteiger partial charge in [-0.25, -0.2) is 8.42 Å². The molecule has 0 aliphatic carbocycles. The van der Waals surface area contributed by atoms with Crippen LogP contribution in [-0.4, -0.2) is 24.7 Å². The van der Waals surface area contributed by atoms with E-state index in [0.717, 1.165) is 30.4 Å². The van der Waals surface area contributed by atoms with Crippen molar-refractivity contribution in [2.24, 2.45) is 0 Å². The Balaban J connectivity index is 0.0000116. The Morgan fingerprint density at radius 3 is 1.60 bits per heavy atom. The summed E-state index contributed by atoms with van der Waals surface area (Å²) < 4.78 is 34.5. The van der Waals surface area contributed by atoms with E-state index in [1.807, 2.05) is 0 Å². The van der Waals surface area contributed by atoms with Crippen LogP contribution in [0.4, 0.5) is 0 Å². The molecule has 0 saturated heterocycles. The normalized spacial score (nSPS) is 12.0. The first kappa shape index (κ1) is 34.0. The molecule has 0 heterocycles. The van der Waals surface area contributed by atoms with Crippen molar-refractivity contribution in [3.05, 3.63) is 29.3 Å². The van der Waals surface area contributed by atoms with E-state index in [1.165, 1.54) is 96.0 Å². The molecule has 1 aromatic rings. The van der Waals surface area contributed by atoms with E-state index >= 15 is 0 Å². The van der Waals surface area contributed by atoms with Crippen LogP contribution in [0.2, 0.25) is 0 Å². The molecule has 0 aliphatic heterocycles. The van der Waals surface area contributed by atoms with Crippen LogP contribution in [0, 0.1) is 0 Å². The van der Waals surface area contributed by atoms with Gasteiger partial charge >= 0.3 is 0 Å². The number of aliphatic hydroxyl groups excluding tert-OH is 1. The predicted octanol–water partition coefficient (Wildman–Crippen LogP) is 8.43. The summed E-state index contributed by atoms with van der Waals surface area (Å²) in [6.07, 6.45) is 22.5. The quantitative estimate of drug-likeness (QED) is 0.127. The lowest BCUT2D eigenvalue weighted by molar-refractivity contribution is 0.251. The monoisotopic (exact) mass is 513 g/mol. The fraction of sp³-hybridized carbons (Fsp3) is 0.793. The molecule has 0 aliphatic rings. The van der Waals surface area contributed by atoms with E-state index in [9.17, 15) is 18.1 Å². The molecule has 1 aromatic carbocycles. The van der Waals surface area contributed by atoms with Crippen LogP contribution in [0.5, 0.6) is 0 Å². The van der Waals surface area contributed by atoms with Gasteiger partial charge in [-0.05, 0) is 47.9 Å². The molecular formula is C29H55NO4S. The average molecular weight is 514 g/mol. The summed E-state index contributed by atoms with van der Waals surface area (Å²) in [5.74, 6) is 0. The Labute approximate surface area is 216 Å². The van der Waals surface area contributed by atoms with E-state index < -0.39 is 10.1 Å². The van der Waals surface area contributed by atoms with Crippen LogP contribution in [0.3, 0.4) is 0 Å². The van der Waals surface area contributed by atoms with Crippen molar-refractivity contribution >= 4 is 10.1 Å². The van der Waals surface area contributed by atoms with Crippen molar-refractivity contribution in [2.75, 3.05) is 6.61 Å². The maximum absolute atomic E-state index is 11.5. The third kappa shape index (κ3) is 15.0. The Morgan fingerprint density at radius 1 is 0.771 bits per heavy atom. The molecule has 0 spiro atoms. The Hall–Kier alpha value is -0.950. The van der Waals surface area contributed by atoms with Crippen LogP contribution >= 0.6 is 0 Å². The Bertz CT molecular complexity index is 762. The fourth-order valence-electron chi connectivity index (χ4n) is 4.87. The van der Waals surface area contributed by atoms with Crippen LogP contribution < -0.4 is 6.15 Å². The number of aliphatic hydroxyl groups is 1. The van der Waals surface area contributed by atoms with Crippen LogP contribution in [0.1, 0.15) is 141 Å². The number of benzene rings is 1. The van der Waals surface area contributed by atoms with Gasteiger partial charge in [0.25, 0.3) is 0 Å². The first-order chi connectivity index (χ1) is 16.2. The minimum Gasteiger partial charge on any atom is -0.744 e. The van der Waals surface area contributed by atoms with Gasteiger partial charge in [-0.3, -0.25) is 0 Å². The van der Waals surface area contributed by atoms with Gasteiger partial charge in [0.2, 0.25) is 0 Å². The van der Waals surface area contributed by atoms with Crippen LogP contribution in [0.15, 0.2) is 23.1 Å². The van der Waals surface area contributed by atoms with Crippen molar-refractivity contribution in [3.63, 3.8) is 0 Å². The molecule has 35 heavy (non-hydrogen) atoms. The lowest BCUT2D eigenvalue weighted by Gasteiger charge is -2.28. The molecule has 1 rings (SSSR count). The van der Waals surface area contributed by atoms with Crippen molar-refractivity contribution in [3.8, 4) is 0 Å². The number of hydrogen-bond donors (Lipinski definition) is 2. The second-order valence-electron chi connectivity index (χ2n) is 10.7. The lowest BCUT2D eigenvalue weighted by atomic mass is 9.78. The standard InChI is InChI=1S/C29H52O4S.H3N/c1-4-5-6-7-8-9-10-11-12-13-14-15-16-17-18-19-20-26-25-27(34(31,32)33)21-22-28(26)29(2,3)23-24-30;/h21-22,25,30H,4-20,23-24H2,1-3H3,(H,31,32,33);1H3. The molecule has 0 saturated carbocycles. The third-order valence-corrected chi connectivity index (χ3v) is 7.96. The number of quaternary nitrogens is 1. The summed E-state index contributed by atoms with van der Waals surface area (Å²) in [5, 5.41) is 9.42. The summed E-state index contributed by atoms with van der Waals surface area (Å²) in [7, 11) is -4.46. The highest BCUT2D eigenvalue weighted by atomic mass is 32.2. The molecule has 0 bridgehead atoms. The number of rotatable bonds is 21. The number of aryl methyl sites for hydroxylation is 1. The zero-order chi connectivity index (χ0) is 25.3. The number of hydrogen-bond acceptors (Lipinski definition) is 4. The van der Waals surface area contributed by atoms with E-state index in [2.05, 4.69) is 20.8 Å². The van der Waals surface area contributed by atoms with E-state index in [1.54, 1.807) is 12.1 Å².